The number of H-pyrrole nitrogens is 1. The Labute approximate surface area is 148 Å². The summed E-state index contributed by atoms with van der Waals surface area (Å²) in [6.45, 7) is 0. The van der Waals surface area contributed by atoms with E-state index in [0.29, 0.717) is 22.3 Å². The van der Waals surface area contributed by atoms with Gasteiger partial charge in [-0.05, 0) is 17.7 Å². The minimum atomic E-state index is -1.24. The van der Waals surface area contributed by atoms with Crippen molar-refractivity contribution in [1.82, 2.24) is 9.97 Å². The normalized spacial score (nSPS) is 10.2. The number of aromatic amines is 1. The predicted octanol–water partition coefficient (Wildman–Crippen LogP) is -2.12. The molecule has 5 nitrogen and oxygen atoms in total. The molecule has 1 heterocycles. The van der Waals surface area contributed by atoms with Crippen LogP contribution in [0.4, 0.5) is 0 Å². The van der Waals surface area contributed by atoms with Gasteiger partial charge in [-0.3, -0.25) is 4.79 Å². The maximum absolute atomic E-state index is 12.0. The van der Waals surface area contributed by atoms with Crippen molar-refractivity contribution in [3.05, 3.63) is 75.8 Å². The molecule has 6 heteroatoms. The molecular weight excluding hydrogens is 291 g/mol. The number of hydrogen-bond donors (Lipinski definition) is 1. The summed E-state index contributed by atoms with van der Waals surface area (Å²) in [6, 6.07) is 13.5. The van der Waals surface area contributed by atoms with E-state index in [0.717, 1.165) is 0 Å². The van der Waals surface area contributed by atoms with Gasteiger partial charge in [-0.25, -0.2) is 4.98 Å². The molecule has 0 aliphatic carbocycles. The zero-order valence-corrected chi connectivity index (χ0v) is 14.0. The average Bonchev–Trinajstić information content (AvgIpc) is 2.47. The number of fused-ring (bicyclic) bond motifs is 1. The number of hydrogen-bond acceptors (Lipinski definition) is 4. The van der Waals surface area contributed by atoms with Crippen molar-refractivity contribution in [2.24, 2.45) is 0 Å². The van der Waals surface area contributed by atoms with E-state index in [1.54, 1.807) is 42.5 Å². The first kappa shape index (κ1) is 16.4. The molecule has 104 valence electrons. The second kappa shape index (κ2) is 6.87. The van der Waals surface area contributed by atoms with Crippen LogP contribution >= 0.6 is 0 Å². The number of aromatic carboxylic acids is 1. The fourth-order valence-electron chi connectivity index (χ4n) is 2.27. The van der Waals surface area contributed by atoms with Crippen molar-refractivity contribution in [1.29, 1.82) is 0 Å². The average molecular weight is 302 g/mol. The van der Waals surface area contributed by atoms with Crippen LogP contribution in [0.15, 0.2) is 53.3 Å². The number of benzene rings is 2. The Morgan fingerprint density at radius 3 is 2.55 bits per heavy atom. The summed E-state index contributed by atoms with van der Waals surface area (Å²) in [6.07, 6.45) is 0.226. The molecule has 0 bridgehead atoms. The molecule has 0 amide bonds. The third-order valence-corrected chi connectivity index (χ3v) is 3.26. The standard InChI is InChI=1S/C16H12N2O3.Na/c19-15-12-7-3-4-8-13(12)17-14(18-15)9-10-5-1-2-6-11(10)16(20)21;/h1-8H,9H2,(H,20,21)(H,17,18,19);/q;+1/p-1. The molecule has 22 heavy (non-hydrogen) atoms. The van der Waals surface area contributed by atoms with Crippen LogP contribution in [0.5, 0.6) is 0 Å². The van der Waals surface area contributed by atoms with Crippen LogP contribution in [0.2, 0.25) is 0 Å². The van der Waals surface area contributed by atoms with E-state index in [-0.39, 0.29) is 47.1 Å². The summed E-state index contributed by atoms with van der Waals surface area (Å²) < 4.78 is 0. The first-order valence-electron chi connectivity index (χ1n) is 6.42. The van der Waals surface area contributed by atoms with Gasteiger partial charge in [0.1, 0.15) is 5.82 Å². The van der Waals surface area contributed by atoms with Gasteiger partial charge >= 0.3 is 29.6 Å². The van der Waals surface area contributed by atoms with Crippen molar-refractivity contribution >= 4 is 16.9 Å². The SMILES string of the molecule is O=C([O-])c1ccccc1Cc1nc2ccccc2c(=O)[nH]1.[Na+]. The van der Waals surface area contributed by atoms with Gasteiger partial charge in [0.05, 0.1) is 16.9 Å². The zero-order valence-electron chi connectivity index (χ0n) is 12.0. The van der Waals surface area contributed by atoms with Crippen LogP contribution in [0, 0.1) is 0 Å². The van der Waals surface area contributed by atoms with Crippen LogP contribution in [-0.2, 0) is 6.42 Å². The van der Waals surface area contributed by atoms with E-state index in [4.69, 9.17) is 0 Å². The number of aromatic nitrogens is 2. The first-order valence-corrected chi connectivity index (χ1v) is 6.42. The monoisotopic (exact) mass is 302 g/mol. The summed E-state index contributed by atoms with van der Waals surface area (Å²) >= 11 is 0. The van der Waals surface area contributed by atoms with Crippen molar-refractivity contribution in [3.8, 4) is 0 Å². The summed E-state index contributed by atoms with van der Waals surface area (Å²) in [5.74, 6) is -0.818. The van der Waals surface area contributed by atoms with Gasteiger partial charge in [0, 0.05) is 12.0 Å². The molecule has 0 saturated carbocycles. The number of rotatable bonds is 3. The Bertz CT molecular complexity index is 890. The number of carboxylic acid groups (broad SMARTS) is 1. The van der Waals surface area contributed by atoms with E-state index in [2.05, 4.69) is 9.97 Å². The fraction of sp³-hybridized carbons (Fsp3) is 0.0625. The summed E-state index contributed by atoms with van der Waals surface area (Å²) in [7, 11) is 0. The van der Waals surface area contributed by atoms with Gasteiger partial charge in [0.25, 0.3) is 5.56 Å². The van der Waals surface area contributed by atoms with Gasteiger partial charge < -0.3 is 14.9 Å². The van der Waals surface area contributed by atoms with E-state index < -0.39 is 5.97 Å². The van der Waals surface area contributed by atoms with Crippen molar-refractivity contribution in [2.45, 2.75) is 6.42 Å². The van der Waals surface area contributed by atoms with Gasteiger partial charge in [-0.15, -0.1) is 0 Å². The molecule has 0 radical (unpaired) electrons. The molecule has 3 aromatic rings. The Kier molecular flexibility index (Phi) is 5.13. The molecule has 0 aliphatic rings. The topological polar surface area (TPSA) is 85.9 Å². The smallest absolute Gasteiger partial charge is 0.545 e. The Balaban J connectivity index is 0.00000176. The molecule has 2 aromatic carbocycles. The van der Waals surface area contributed by atoms with Crippen LogP contribution in [0.1, 0.15) is 21.7 Å². The van der Waals surface area contributed by atoms with Crippen molar-refractivity contribution in [2.75, 3.05) is 0 Å². The predicted molar refractivity (Wildman–Crippen MR) is 75.9 cm³/mol. The largest absolute Gasteiger partial charge is 1.00 e. The summed E-state index contributed by atoms with van der Waals surface area (Å²) in [4.78, 5) is 30.1. The van der Waals surface area contributed by atoms with Crippen molar-refractivity contribution in [3.63, 3.8) is 0 Å². The molecule has 1 N–H and O–H groups in total. The van der Waals surface area contributed by atoms with E-state index in [1.165, 1.54) is 6.07 Å². The van der Waals surface area contributed by atoms with Gasteiger partial charge in [0.2, 0.25) is 0 Å². The number of carbonyl (C=O) groups excluding carboxylic acids is 1. The molecule has 3 rings (SSSR count). The number of carboxylic acids is 1. The van der Waals surface area contributed by atoms with Crippen molar-refractivity contribution < 1.29 is 39.5 Å². The van der Waals surface area contributed by atoms with Gasteiger partial charge in [0.15, 0.2) is 0 Å². The third kappa shape index (κ3) is 3.27. The van der Waals surface area contributed by atoms with E-state index in [1.807, 2.05) is 0 Å². The summed E-state index contributed by atoms with van der Waals surface area (Å²) in [5, 5.41) is 11.6. The molecule has 0 aliphatic heterocycles. The van der Waals surface area contributed by atoms with E-state index >= 15 is 0 Å². The zero-order chi connectivity index (χ0) is 14.8. The van der Waals surface area contributed by atoms with Crippen LogP contribution in [-0.4, -0.2) is 15.9 Å². The third-order valence-electron chi connectivity index (χ3n) is 3.26. The summed E-state index contributed by atoms with van der Waals surface area (Å²) in [5.41, 5.74) is 1.01. The molecule has 0 spiro atoms. The Morgan fingerprint density at radius 2 is 1.77 bits per heavy atom. The number of nitrogens with one attached hydrogen (secondary N) is 1. The van der Waals surface area contributed by atoms with Gasteiger partial charge in [-0.1, -0.05) is 36.4 Å². The number of carbonyl (C=O) groups is 1. The Morgan fingerprint density at radius 1 is 1.09 bits per heavy atom. The molecule has 0 fully saturated rings. The maximum atomic E-state index is 12.0. The molecule has 0 atom stereocenters. The second-order valence-corrected chi connectivity index (χ2v) is 4.65. The molecule has 0 saturated heterocycles. The minimum Gasteiger partial charge on any atom is -0.545 e. The van der Waals surface area contributed by atoms with Crippen LogP contribution < -0.4 is 40.2 Å². The van der Waals surface area contributed by atoms with Gasteiger partial charge in [-0.2, -0.15) is 0 Å². The number of nitrogens with zero attached hydrogens (tertiary/aromatic N) is 1. The second-order valence-electron chi connectivity index (χ2n) is 4.65. The fourth-order valence-corrected chi connectivity index (χ4v) is 2.27. The molecular formula is C16H11N2NaO3. The minimum absolute atomic E-state index is 0. The first-order chi connectivity index (χ1) is 10.1. The molecule has 0 unspecified atom stereocenters. The quantitative estimate of drug-likeness (QED) is 0.561. The van der Waals surface area contributed by atoms with Crippen LogP contribution in [0.25, 0.3) is 10.9 Å². The van der Waals surface area contributed by atoms with Crippen LogP contribution in [0.3, 0.4) is 0 Å². The van der Waals surface area contributed by atoms with E-state index in [9.17, 15) is 14.7 Å². The Hall–Kier alpha value is -1.95. The maximum Gasteiger partial charge on any atom is 1.00 e. The molecule has 1 aromatic heterocycles. The number of para-hydroxylation sites is 1.